The van der Waals surface area contributed by atoms with Crippen molar-refractivity contribution in [3.63, 3.8) is 0 Å². The van der Waals surface area contributed by atoms with Crippen LogP contribution in [0, 0.1) is 0 Å². The molecule has 0 saturated carbocycles. The lowest BCUT2D eigenvalue weighted by Crippen LogP contribution is -2.56. The van der Waals surface area contributed by atoms with Gasteiger partial charge in [0.1, 0.15) is 5.25 Å². The molecule has 0 radical (unpaired) electrons. The molecule has 0 aromatic rings. The first-order valence-corrected chi connectivity index (χ1v) is 4.50. The van der Waals surface area contributed by atoms with Crippen LogP contribution >= 0.6 is 0 Å². The summed E-state index contributed by atoms with van der Waals surface area (Å²) in [5.41, 5.74) is 0. The normalized spacial score (nSPS) is 22.6. The van der Waals surface area contributed by atoms with Crippen molar-refractivity contribution in [1.82, 2.24) is 9.73 Å². The molecule has 0 unspecified atom stereocenters. The molecule has 1 aliphatic heterocycles. The number of nitrogens with two attached hydrogens (primary N) is 1. The van der Waals surface area contributed by atoms with Crippen molar-refractivity contribution in [2.45, 2.75) is 5.25 Å². The number of sulfonamides is 1. The van der Waals surface area contributed by atoms with E-state index in [1.807, 2.05) is 16.8 Å². The molecule has 10 heavy (non-hydrogen) atoms. The second kappa shape index (κ2) is 2.46. The summed E-state index contributed by atoms with van der Waals surface area (Å²) in [4.78, 5) is 3.73. The molecule has 1 saturated heterocycles. The van der Waals surface area contributed by atoms with Crippen LogP contribution in [-0.4, -0.2) is 38.7 Å². The van der Waals surface area contributed by atoms with Gasteiger partial charge in [0.2, 0.25) is 10.0 Å². The van der Waals surface area contributed by atoms with Gasteiger partial charge in [-0.25, -0.2) is 8.42 Å². The lowest BCUT2D eigenvalue weighted by atomic mass is 10.2. The fraction of sp³-hybridized carbons (Fsp3) is 1.00. The lowest BCUT2D eigenvalue weighted by molar-refractivity contribution is 0.231. The van der Waals surface area contributed by atoms with Crippen molar-refractivity contribution in [1.29, 1.82) is 0 Å². The molecular formula is C4H11N3O2S. The van der Waals surface area contributed by atoms with E-state index in [2.05, 4.69) is 0 Å². The maximum absolute atomic E-state index is 10.9. The SMILES string of the molecule is CN1CC(S(=O)(=O)NN)C1. The summed E-state index contributed by atoms with van der Waals surface area (Å²) in [6.45, 7) is 1.15. The van der Waals surface area contributed by atoms with E-state index < -0.39 is 10.0 Å². The number of rotatable bonds is 2. The van der Waals surface area contributed by atoms with Gasteiger partial charge in [-0.15, -0.1) is 0 Å². The molecule has 3 N–H and O–H groups in total. The Bertz CT molecular complexity index is 207. The van der Waals surface area contributed by atoms with Gasteiger partial charge >= 0.3 is 0 Å². The number of nitrogens with one attached hydrogen (secondary N) is 1. The average Bonchev–Trinajstić information content (AvgIpc) is 1.81. The van der Waals surface area contributed by atoms with Gasteiger partial charge in [0.25, 0.3) is 0 Å². The van der Waals surface area contributed by atoms with Gasteiger partial charge in [-0.1, -0.05) is 0 Å². The van der Waals surface area contributed by atoms with Crippen LogP contribution in [0.1, 0.15) is 0 Å². The van der Waals surface area contributed by atoms with Crippen molar-refractivity contribution < 1.29 is 8.42 Å². The van der Waals surface area contributed by atoms with Gasteiger partial charge < -0.3 is 4.90 Å². The quantitative estimate of drug-likeness (QED) is 0.370. The molecule has 60 valence electrons. The second-order valence-corrected chi connectivity index (χ2v) is 4.50. The van der Waals surface area contributed by atoms with Crippen molar-refractivity contribution in [2.75, 3.05) is 20.1 Å². The lowest BCUT2D eigenvalue weighted by Gasteiger charge is -2.34. The summed E-state index contributed by atoms with van der Waals surface area (Å²) in [5, 5.41) is -0.317. The zero-order valence-electron chi connectivity index (χ0n) is 5.74. The molecule has 1 heterocycles. The van der Waals surface area contributed by atoms with Gasteiger partial charge in [-0.05, 0) is 7.05 Å². The van der Waals surface area contributed by atoms with E-state index in [-0.39, 0.29) is 5.25 Å². The molecule has 0 bridgehead atoms. The van der Waals surface area contributed by atoms with Gasteiger partial charge in [-0.2, -0.15) is 4.83 Å². The van der Waals surface area contributed by atoms with Crippen molar-refractivity contribution in [3.8, 4) is 0 Å². The van der Waals surface area contributed by atoms with E-state index in [9.17, 15) is 8.42 Å². The summed E-state index contributed by atoms with van der Waals surface area (Å²) in [6.07, 6.45) is 0. The summed E-state index contributed by atoms with van der Waals surface area (Å²) >= 11 is 0. The molecule has 1 fully saturated rings. The first kappa shape index (κ1) is 7.93. The number of hydrogen-bond donors (Lipinski definition) is 2. The predicted molar refractivity (Wildman–Crippen MR) is 37.5 cm³/mol. The molecule has 0 aromatic heterocycles. The highest BCUT2D eigenvalue weighted by Crippen LogP contribution is 2.11. The monoisotopic (exact) mass is 165 g/mol. The Hall–Kier alpha value is -0.170. The van der Waals surface area contributed by atoms with Crippen LogP contribution in [0.15, 0.2) is 0 Å². The molecule has 0 spiro atoms. The van der Waals surface area contributed by atoms with Crippen molar-refractivity contribution in [2.24, 2.45) is 5.84 Å². The zero-order chi connectivity index (χ0) is 7.78. The van der Waals surface area contributed by atoms with Crippen LogP contribution in [-0.2, 0) is 10.0 Å². The van der Waals surface area contributed by atoms with Crippen LogP contribution in [0.25, 0.3) is 0 Å². The molecule has 0 amide bonds. The highest BCUT2D eigenvalue weighted by atomic mass is 32.2. The Labute approximate surface area is 60.2 Å². The Balaban J connectivity index is 2.53. The van der Waals surface area contributed by atoms with Gasteiger partial charge in [0.15, 0.2) is 0 Å². The summed E-state index contributed by atoms with van der Waals surface area (Å²) in [5.74, 6) is 4.81. The topological polar surface area (TPSA) is 75.4 Å². The minimum Gasteiger partial charge on any atom is -0.304 e. The summed E-state index contributed by atoms with van der Waals surface area (Å²) in [6, 6.07) is 0. The van der Waals surface area contributed by atoms with Gasteiger partial charge in [0, 0.05) is 13.1 Å². The minimum atomic E-state index is -3.21. The third-order valence-electron chi connectivity index (χ3n) is 1.63. The molecule has 0 aliphatic carbocycles. The average molecular weight is 165 g/mol. The molecule has 1 rings (SSSR count). The first-order valence-electron chi connectivity index (χ1n) is 2.96. The minimum absolute atomic E-state index is 0.317. The van der Waals surface area contributed by atoms with E-state index in [0.29, 0.717) is 13.1 Å². The van der Waals surface area contributed by atoms with Crippen LogP contribution < -0.4 is 10.7 Å². The van der Waals surface area contributed by atoms with Crippen molar-refractivity contribution in [3.05, 3.63) is 0 Å². The standard InChI is InChI=1S/C4H11N3O2S/c1-7-2-4(3-7)10(8,9)6-5/h4,6H,2-3,5H2,1H3. The van der Waals surface area contributed by atoms with E-state index >= 15 is 0 Å². The van der Waals surface area contributed by atoms with E-state index in [1.54, 1.807) is 0 Å². The van der Waals surface area contributed by atoms with Gasteiger partial charge in [-0.3, -0.25) is 5.84 Å². The van der Waals surface area contributed by atoms with E-state index in [4.69, 9.17) is 5.84 Å². The number of hydrazine groups is 1. The third-order valence-corrected chi connectivity index (χ3v) is 3.14. The maximum atomic E-state index is 10.9. The predicted octanol–water partition coefficient (Wildman–Crippen LogP) is -1.91. The van der Waals surface area contributed by atoms with Crippen LogP contribution in [0.3, 0.4) is 0 Å². The maximum Gasteiger partial charge on any atom is 0.229 e. The largest absolute Gasteiger partial charge is 0.304 e. The Morgan fingerprint density at radius 2 is 2.10 bits per heavy atom. The van der Waals surface area contributed by atoms with E-state index in [0.717, 1.165) is 0 Å². The van der Waals surface area contributed by atoms with Crippen LogP contribution in [0.5, 0.6) is 0 Å². The van der Waals surface area contributed by atoms with E-state index in [1.165, 1.54) is 0 Å². The smallest absolute Gasteiger partial charge is 0.229 e. The fourth-order valence-electron chi connectivity index (χ4n) is 0.934. The summed E-state index contributed by atoms with van der Waals surface area (Å²) in [7, 11) is -1.34. The Morgan fingerprint density at radius 1 is 1.60 bits per heavy atom. The molecule has 0 atom stereocenters. The Kier molecular flexibility index (Phi) is 1.95. The van der Waals surface area contributed by atoms with Gasteiger partial charge in [0.05, 0.1) is 0 Å². The number of nitrogens with zero attached hydrogens (tertiary/aromatic N) is 1. The highest BCUT2D eigenvalue weighted by molar-refractivity contribution is 7.90. The summed E-state index contributed by atoms with van der Waals surface area (Å²) < 4.78 is 21.7. The van der Waals surface area contributed by atoms with Crippen LogP contribution in [0.2, 0.25) is 0 Å². The number of hydrogen-bond acceptors (Lipinski definition) is 4. The molecule has 1 aliphatic rings. The molecule has 0 aromatic carbocycles. The van der Waals surface area contributed by atoms with Crippen LogP contribution in [0.4, 0.5) is 0 Å². The molecule has 6 heteroatoms. The fourth-order valence-corrected chi connectivity index (χ4v) is 2.03. The zero-order valence-corrected chi connectivity index (χ0v) is 6.56. The molecule has 5 nitrogen and oxygen atoms in total. The first-order chi connectivity index (χ1) is 4.56. The molecular weight excluding hydrogens is 154 g/mol. The number of likely N-dealkylation sites (tertiary alicyclic amines) is 1. The third kappa shape index (κ3) is 1.29. The highest BCUT2D eigenvalue weighted by Gasteiger charge is 2.34. The Morgan fingerprint density at radius 3 is 2.40 bits per heavy atom. The second-order valence-electron chi connectivity index (χ2n) is 2.51. The van der Waals surface area contributed by atoms with Crippen molar-refractivity contribution >= 4 is 10.0 Å².